The van der Waals surface area contributed by atoms with E-state index in [2.05, 4.69) is 76.5 Å². The molecule has 0 radical (unpaired) electrons. The molecule has 0 bridgehead atoms. The van der Waals surface area contributed by atoms with Crippen molar-refractivity contribution in [1.29, 1.82) is 5.26 Å². The van der Waals surface area contributed by atoms with Crippen LogP contribution in [0.25, 0.3) is 22.2 Å². The second-order valence-electron chi connectivity index (χ2n) is 19.4. The van der Waals surface area contributed by atoms with Crippen LogP contribution in [0.5, 0.6) is 0 Å². The number of hydrogen-bond acceptors (Lipinski definition) is 15. The van der Waals surface area contributed by atoms with Gasteiger partial charge in [-0.15, -0.1) is 6.42 Å². The number of hydrogen-bond donors (Lipinski definition) is 0. The molecule has 0 N–H and O–H groups in total. The van der Waals surface area contributed by atoms with E-state index in [0.717, 1.165) is 22.9 Å². The first-order valence-electron chi connectivity index (χ1n) is 25.9. The van der Waals surface area contributed by atoms with Crippen molar-refractivity contribution >= 4 is 33.8 Å². The van der Waals surface area contributed by atoms with Crippen LogP contribution in [0.2, 0.25) is 5.22 Å². The van der Waals surface area contributed by atoms with E-state index < -0.39 is 13.1 Å². The van der Waals surface area contributed by atoms with Gasteiger partial charge in [0.1, 0.15) is 16.9 Å². The van der Waals surface area contributed by atoms with Crippen LogP contribution in [0.15, 0.2) is 98.3 Å². The van der Waals surface area contributed by atoms with Gasteiger partial charge in [0.15, 0.2) is 82.1 Å². The molecule has 432 valence electrons. The molecule has 0 aliphatic carbocycles. The maximum atomic E-state index is 12.8. The monoisotopic (exact) mass is 1150 g/mol. The normalized spacial score (nSPS) is 10.3. The maximum absolute atomic E-state index is 12.8. The van der Waals surface area contributed by atoms with Crippen LogP contribution < -0.4 is 0 Å². The Morgan fingerprint density at radius 1 is 0.512 bits per heavy atom. The van der Waals surface area contributed by atoms with Crippen LogP contribution >= 0.6 is 11.6 Å². The topological polar surface area (TPSA) is 206 Å². The fourth-order valence-electron chi connectivity index (χ4n) is 5.79. The number of rotatable bonds is 7. The van der Waals surface area contributed by atoms with E-state index in [1.54, 1.807) is 49.5 Å². The van der Waals surface area contributed by atoms with Crippen LogP contribution in [0.3, 0.4) is 0 Å². The number of nitrogens with zero attached hydrogens (tertiary/aromatic N) is 8. The summed E-state index contributed by atoms with van der Waals surface area (Å²) in [6.07, 6.45) is 10.0. The molecule has 20 heteroatoms. The lowest BCUT2D eigenvalue weighted by atomic mass is 10.2. The molecular weight excluding hydrogens is 1080 g/mol. The van der Waals surface area contributed by atoms with Crippen molar-refractivity contribution in [3.05, 3.63) is 148 Å². The lowest BCUT2D eigenvalue weighted by molar-refractivity contribution is 0.215. The molecular formula is C62H67ClF4N8O7. The number of terminal acetylenes is 1. The zero-order chi connectivity index (χ0) is 61.1. The molecule has 0 unspecified atom stereocenters. The third-order valence-corrected chi connectivity index (χ3v) is 10.1. The summed E-state index contributed by atoms with van der Waals surface area (Å²) >= 11 is 5.48. The van der Waals surface area contributed by atoms with E-state index in [1.807, 2.05) is 96.9 Å². The average molecular weight is 1150 g/mol. The van der Waals surface area contributed by atoms with Crippen molar-refractivity contribution in [3.8, 4) is 53.9 Å². The summed E-state index contributed by atoms with van der Waals surface area (Å²) < 4.78 is 84.3. The number of fused-ring (bicyclic) bond motifs is 2. The second kappa shape index (κ2) is 34.3. The van der Waals surface area contributed by atoms with Gasteiger partial charge >= 0.3 is 0 Å². The van der Waals surface area contributed by atoms with Crippen molar-refractivity contribution in [2.24, 2.45) is 0 Å². The van der Waals surface area contributed by atoms with E-state index in [1.165, 1.54) is 30.7 Å². The molecule has 7 aromatic heterocycles. The minimum absolute atomic E-state index is 0.141. The Morgan fingerprint density at radius 3 is 1.26 bits per heavy atom. The fraction of sp³-hybridized carbons (Fsp3) is 0.387. The summed E-state index contributed by atoms with van der Waals surface area (Å²) in [5, 5.41) is 9.06. The molecule has 0 fully saturated rings. The smallest absolute Gasteiger partial charge is 0.299 e. The molecule has 9 rings (SSSR count). The number of aromatic nitrogens is 7. The Hall–Kier alpha value is -8.83. The van der Waals surface area contributed by atoms with E-state index in [9.17, 15) is 17.6 Å². The molecule has 0 atom stereocenters. The highest BCUT2D eigenvalue weighted by molar-refractivity contribution is 6.28. The number of benzene rings is 2. The van der Waals surface area contributed by atoms with Crippen LogP contribution in [0, 0.1) is 65.0 Å². The standard InChI is InChI=1S/C11H10N2O.C10H10FNO.C9H9F2NO.C9H10FNO.C9H11NO.C8H9NO.C6H8ClNO/c1-7(2)11-13-9-5-8(6-12)3-4-10(9)14-11;1-6(2)10-12-8-5-7(11)3-4-9(8)13-10;1-6(2)9-12-5-7(13-9)3-4-8(10)11;1-7(2)9-11-6-8(12-9)4-3-5-10;1-4-5-8-6-10-9(11-8)7(2)3;1-4-7-5-9-8(10-7)6(2)3;1-4(2)6-8-3-5(7)9-6/h3-5,7H,1-2H3;3-6H,1-2H3;5-6,8H,1-2H3;6-7H,5H2,1-2H3;6-7H,1-3H3;1,5-6H,2-3H3;3-4H,1-2H3. The highest BCUT2D eigenvalue weighted by atomic mass is 35.5. The molecule has 2 aromatic carbocycles. The number of nitriles is 1. The van der Waals surface area contributed by atoms with E-state index in [0.29, 0.717) is 86.4 Å². The molecule has 0 saturated heterocycles. The quantitative estimate of drug-likeness (QED) is 0.107. The number of alkyl halides is 3. The molecule has 9 aromatic rings. The first kappa shape index (κ1) is 67.4. The lowest BCUT2D eigenvalue weighted by Gasteiger charge is -1.93. The van der Waals surface area contributed by atoms with E-state index in [4.69, 9.17) is 54.2 Å². The largest absolute Gasteiger partial charge is 0.440 e. The van der Waals surface area contributed by atoms with Gasteiger partial charge in [-0.05, 0) is 78.5 Å². The Morgan fingerprint density at radius 2 is 0.902 bits per heavy atom. The van der Waals surface area contributed by atoms with Crippen molar-refractivity contribution in [2.75, 3.05) is 6.67 Å². The zero-order valence-corrected chi connectivity index (χ0v) is 49.3. The van der Waals surface area contributed by atoms with Gasteiger partial charge < -0.3 is 30.9 Å². The molecule has 0 amide bonds. The first-order chi connectivity index (χ1) is 38.9. The molecule has 0 saturated carbocycles. The van der Waals surface area contributed by atoms with Gasteiger partial charge in [-0.2, -0.15) is 14.0 Å². The predicted molar refractivity (Wildman–Crippen MR) is 305 cm³/mol. The lowest BCUT2D eigenvalue weighted by Crippen LogP contribution is -1.84. The molecule has 82 heavy (non-hydrogen) atoms. The van der Waals surface area contributed by atoms with Crippen LogP contribution in [-0.2, 0) is 0 Å². The van der Waals surface area contributed by atoms with E-state index in [-0.39, 0.29) is 35.2 Å². The van der Waals surface area contributed by atoms with Gasteiger partial charge in [-0.3, -0.25) is 0 Å². The van der Waals surface area contributed by atoms with Crippen LogP contribution in [-0.4, -0.2) is 48.0 Å². The van der Waals surface area contributed by atoms with Gasteiger partial charge in [0.05, 0.1) is 42.6 Å². The second-order valence-corrected chi connectivity index (χ2v) is 19.7. The van der Waals surface area contributed by atoms with Crippen LogP contribution in [0.1, 0.15) is 215 Å². The molecule has 15 nitrogen and oxygen atoms in total. The summed E-state index contributed by atoms with van der Waals surface area (Å²) in [5.74, 6) is 24.6. The van der Waals surface area contributed by atoms with Crippen LogP contribution in [0.4, 0.5) is 17.6 Å². The molecule has 7 heterocycles. The summed E-state index contributed by atoms with van der Waals surface area (Å²) in [6, 6.07) is 11.7. The highest BCUT2D eigenvalue weighted by Gasteiger charge is 2.12. The van der Waals surface area contributed by atoms with Gasteiger partial charge in [0, 0.05) is 47.5 Å². The number of oxazole rings is 7. The van der Waals surface area contributed by atoms with Crippen molar-refractivity contribution in [1.82, 2.24) is 34.9 Å². The Bertz CT molecular complexity index is 3640. The molecule has 0 spiro atoms. The SMILES string of the molecule is C#Cc1cnc(C(C)C)o1.CC#Cc1cnc(C(C)C)o1.CC(C)c1nc2cc(C#N)ccc2o1.CC(C)c1nc2cc(F)ccc2o1.CC(C)c1ncc(C#CC(F)F)o1.CC(C)c1ncc(C#CCF)o1.CC(C)c1ncc(Cl)o1. The first-order valence-corrected chi connectivity index (χ1v) is 26.3. The van der Waals surface area contributed by atoms with Gasteiger partial charge in [-0.25, -0.2) is 43.7 Å². The summed E-state index contributed by atoms with van der Waals surface area (Å²) in [4.78, 5) is 28.3. The maximum Gasteiger partial charge on any atom is 0.299 e. The predicted octanol–water partition coefficient (Wildman–Crippen LogP) is 16.8. The Labute approximate surface area is 481 Å². The minimum atomic E-state index is -2.63. The Balaban J connectivity index is 0.000000252. The summed E-state index contributed by atoms with van der Waals surface area (Å²) in [7, 11) is 0. The summed E-state index contributed by atoms with van der Waals surface area (Å²) in [5.41, 5.74) is 3.34. The minimum Gasteiger partial charge on any atom is -0.440 e. The third kappa shape index (κ3) is 23.5. The van der Waals surface area contributed by atoms with Crippen molar-refractivity contribution in [2.45, 2.75) is 152 Å². The average Bonchev–Trinajstić information content (AvgIpc) is 4.38. The Kier molecular flexibility index (Phi) is 28.2. The van der Waals surface area contributed by atoms with Crippen molar-refractivity contribution in [3.63, 3.8) is 0 Å². The fourth-order valence-corrected chi connectivity index (χ4v) is 5.92. The highest BCUT2D eigenvalue weighted by Crippen LogP contribution is 2.24. The van der Waals surface area contributed by atoms with Crippen molar-refractivity contribution < 1.29 is 48.5 Å². The molecule has 0 aliphatic rings. The van der Waals surface area contributed by atoms with Gasteiger partial charge in [0.25, 0.3) is 6.43 Å². The zero-order valence-electron chi connectivity index (χ0n) is 48.6. The third-order valence-electron chi connectivity index (χ3n) is 9.92. The van der Waals surface area contributed by atoms with Gasteiger partial charge in [0.2, 0.25) is 5.22 Å². The van der Waals surface area contributed by atoms with E-state index >= 15 is 0 Å². The summed E-state index contributed by atoms with van der Waals surface area (Å²) in [6.45, 7) is 29.0. The van der Waals surface area contributed by atoms with Gasteiger partial charge in [-0.1, -0.05) is 109 Å². The molecule has 0 aliphatic heterocycles. The number of halogens is 5.